The van der Waals surface area contributed by atoms with Gasteiger partial charge in [0.2, 0.25) is 0 Å². The van der Waals surface area contributed by atoms with Gasteiger partial charge in [-0.15, -0.1) is 0 Å². The average Bonchev–Trinajstić information content (AvgIpc) is 2.84. The van der Waals surface area contributed by atoms with Crippen molar-refractivity contribution in [3.8, 4) is 22.9 Å². The Morgan fingerprint density at radius 1 is 1.12 bits per heavy atom. The summed E-state index contributed by atoms with van der Waals surface area (Å²) in [4.78, 5) is 18.1. The van der Waals surface area contributed by atoms with Crippen LogP contribution in [0.25, 0.3) is 22.3 Å². The molecule has 4 aromatic rings. The van der Waals surface area contributed by atoms with Crippen LogP contribution in [0.2, 0.25) is 0 Å². The van der Waals surface area contributed by atoms with Gasteiger partial charge in [0.1, 0.15) is 0 Å². The highest BCUT2D eigenvalue weighted by molar-refractivity contribution is 9.10. The van der Waals surface area contributed by atoms with Crippen LogP contribution in [0.3, 0.4) is 0 Å². The van der Waals surface area contributed by atoms with Gasteiger partial charge in [0.25, 0.3) is 5.56 Å². The Hall–Kier alpha value is -3.45. The van der Waals surface area contributed by atoms with E-state index >= 15 is 0 Å². The van der Waals surface area contributed by atoms with Crippen LogP contribution >= 0.6 is 15.9 Å². The molecule has 0 aliphatic carbocycles. The van der Waals surface area contributed by atoms with Crippen LogP contribution in [-0.2, 0) is 0 Å². The Morgan fingerprint density at radius 3 is 2.58 bits per heavy atom. The number of fused-ring (bicyclic) bond motifs is 1. The van der Waals surface area contributed by atoms with E-state index in [4.69, 9.17) is 14.5 Å². The van der Waals surface area contributed by atoms with E-state index < -0.39 is 0 Å². The van der Waals surface area contributed by atoms with E-state index in [9.17, 15) is 4.79 Å². The molecule has 0 aliphatic rings. The number of hydrogen-bond donors (Lipinski definition) is 0. The summed E-state index contributed by atoms with van der Waals surface area (Å²) in [6, 6.07) is 20.5. The standard InChI is InChI=1S/C26H24BrN3O3/c1-4-17(2)33-24-19(14-20(27)15-23(24)32-3)16-28-30-25(18-10-6-5-7-11-18)29-22-13-9-8-12-21(22)26(30)31/h5-17H,4H2,1-3H3/t17-/m1/s1. The van der Waals surface area contributed by atoms with Crippen LogP contribution in [-0.4, -0.2) is 29.1 Å². The lowest BCUT2D eigenvalue weighted by Gasteiger charge is -2.18. The first-order valence-electron chi connectivity index (χ1n) is 10.7. The van der Waals surface area contributed by atoms with Gasteiger partial charge in [-0.05, 0) is 37.6 Å². The van der Waals surface area contributed by atoms with Gasteiger partial charge in [-0.1, -0.05) is 65.3 Å². The molecule has 0 saturated heterocycles. The molecule has 1 aromatic heterocycles. The van der Waals surface area contributed by atoms with Crippen molar-refractivity contribution in [2.24, 2.45) is 5.10 Å². The molecule has 0 N–H and O–H groups in total. The SMILES string of the molecule is CC[C@@H](C)Oc1c(C=Nn2c(-c3ccccc3)nc3ccccc3c2=O)cc(Br)cc1OC. The van der Waals surface area contributed by atoms with Gasteiger partial charge in [-0.3, -0.25) is 4.79 Å². The summed E-state index contributed by atoms with van der Waals surface area (Å²) >= 11 is 3.52. The molecule has 33 heavy (non-hydrogen) atoms. The summed E-state index contributed by atoms with van der Waals surface area (Å²) in [5, 5.41) is 5.07. The van der Waals surface area contributed by atoms with Crippen molar-refractivity contribution in [3.63, 3.8) is 0 Å². The molecule has 0 spiro atoms. The molecule has 4 rings (SSSR count). The smallest absolute Gasteiger partial charge is 0.282 e. The maximum absolute atomic E-state index is 13.4. The Kier molecular flexibility index (Phi) is 6.89. The lowest BCUT2D eigenvalue weighted by molar-refractivity contribution is 0.207. The van der Waals surface area contributed by atoms with Crippen molar-refractivity contribution in [1.82, 2.24) is 9.66 Å². The first-order chi connectivity index (χ1) is 16.0. The topological polar surface area (TPSA) is 65.7 Å². The van der Waals surface area contributed by atoms with Gasteiger partial charge in [-0.2, -0.15) is 9.78 Å². The van der Waals surface area contributed by atoms with E-state index in [0.717, 1.165) is 16.5 Å². The summed E-state index contributed by atoms with van der Waals surface area (Å²) in [6.07, 6.45) is 2.43. The fourth-order valence-corrected chi connectivity index (χ4v) is 3.83. The third kappa shape index (κ3) is 4.83. The first kappa shape index (κ1) is 22.7. The second kappa shape index (κ2) is 10.0. The Bertz CT molecular complexity index is 1370. The van der Waals surface area contributed by atoms with Crippen molar-refractivity contribution in [3.05, 3.63) is 87.1 Å². The fraction of sp³-hybridized carbons (Fsp3) is 0.192. The number of para-hydroxylation sites is 1. The van der Waals surface area contributed by atoms with E-state index in [2.05, 4.69) is 28.0 Å². The van der Waals surface area contributed by atoms with E-state index in [0.29, 0.717) is 33.8 Å². The van der Waals surface area contributed by atoms with Crippen LogP contribution in [0.15, 0.2) is 81.1 Å². The molecule has 3 aromatic carbocycles. The van der Waals surface area contributed by atoms with Crippen LogP contribution in [0, 0.1) is 0 Å². The molecule has 0 saturated carbocycles. The molecule has 7 heteroatoms. The summed E-state index contributed by atoms with van der Waals surface area (Å²) in [6.45, 7) is 4.05. The lowest BCUT2D eigenvalue weighted by Crippen LogP contribution is -2.20. The van der Waals surface area contributed by atoms with E-state index in [1.165, 1.54) is 4.68 Å². The van der Waals surface area contributed by atoms with Crippen LogP contribution < -0.4 is 15.0 Å². The Morgan fingerprint density at radius 2 is 1.85 bits per heavy atom. The van der Waals surface area contributed by atoms with Gasteiger partial charge in [-0.25, -0.2) is 4.98 Å². The molecular weight excluding hydrogens is 482 g/mol. The molecule has 0 fully saturated rings. The van der Waals surface area contributed by atoms with E-state index in [1.807, 2.05) is 67.6 Å². The fourth-order valence-electron chi connectivity index (χ4n) is 3.37. The lowest BCUT2D eigenvalue weighted by atomic mass is 10.2. The molecule has 0 amide bonds. The molecule has 1 atom stereocenters. The zero-order valence-electron chi connectivity index (χ0n) is 18.7. The van der Waals surface area contributed by atoms with Gasteiger partial charge in [0.05, 0.1) is 30.3 Å². The Balaban J connectivity index is 1.91. The summed E-state index contributed by atoms with van der Waals surface area (Å²) in [5.41, 5.74) is 1.85. The van der Waals surface area contributed by atoms with Crippen molar-refractivity contribution in [1.29, 1.82) is 0 Å². The number of ether oxygens (including phenoxy) is 2. The van der Waals surface area contributed by atoms with Crippen molar-refractivity contribution in [2.45, 2.75) is 26.4 Å². The van der Waals surface area contributed by atoms with Gasteiger partial charge in [0, 0.05) is 15.6 Å². The number of halogens is 1. The predicted molar refractivity (Wildman–Crippen MR) is 136 cm³/mol. The molecule has 168 valence electrons. The molecule has 0 radical (unpaired) electrons. The highest BCUT2D eigenvalue weighted by atomic mass is 79.9. The zero-order chi connectivity index (χ0) is 23.4. The van der Waals surface area contributed by atoms with Crippen molar-refractivity contribution < 1.29 is 9.47 Å². The van der Waals surface area contributed by atoms with Gasteiger partial charge < -0.3 is 9.47 Å². The van der Waals surface area contributed by atoms with Gasteiger partial charge >= 0.3 is 0 Å². The van der Waals surface area contributed by atoms with Gasteiger partial charge in [0.15, 0.2) is 17.3 Å². The molecule has 0 aliphatic heterocycles. The second-order valence-electron chi connectivity index (χ2n) is 7.54. The normalized spacial score (nSPS) is 12.2. The van der Waals surface area contributed by atoms with Crippen LogP contribution in [0.4, 0.5) is 0 Å². The number of rotatable bonds is 7. The minimum atomic E-state index is -0.248. The quantitative estimate of drug-likeness (QED) is 0.293. The third-order valence-electron chi connectivity index (χ3n) is 5.26. The average molecular weight is 506 g/mol. The number of aromatic nitrogens is 2. The van der Waals surface area contributed by atoms with Crippen molar-refractivity contribution >= 4 is 33.0 Å². The maximum Gasteiger partial charge on any atom is 0.282 e. The number of benzene rings is 3. The molecule has 1 heterocycles. The van der Waals surface area contributed by atoms with E-state index in [-0.39, 0.29) is 11.7 Å². The molecule has 0 bridgehead atoms. The Labute approximate surface area is 200 Å². The number of nitrogens with zero attached hydrogens (tertiary/aromatic N) is 3. The summed E-state index contributed by atoms with van der Waals surface area (Å²) in [7, 11) is 1.59. The molecular formula is C26H24BrN3O3. The highest BCUT2D eigenvalue weighted by Gasteiger charge is 2.16. The monoisotopic (exact) mass is 505 g/mol. The highest BCUT2D eigenvalue weighted by Crippen LogP contribution is 2.35. The number of hydrogen-bond acceptors (Lipinski definition) is 5. The largest absolute Gasteiger partial charge is 0.493 e. The molecule has 0 unspecified atom stereocenters. The minimum absolute atomic E-state index is 0.0165. The first-order valence-corrected chi connectivity index (χ1v) is 11.5. The van der Waals surface area contributed by atoms with Crippen LogP contribution in [0.5, 0.6) is 11.5 Å². The van der Waals surface area contributed by atoms with E-state index in [1.54, 1.807) is 19.4 Å². The number of methoxy groups -OCH3 is 1. The summed E-state index contributed by atoms with van der Waals surface area (Å²) < 4.78 is 13.8. The third-order valence-corrected chi connectivity index (χ3v) is 5.72. The maximum atomic E-state index is 13.4. The second-order valence-corrected chi connectivity index (χ2v) is 8.46. The van der Waals surface area contributed by atoms with Crippen LogP contribution in [0.1, 0.15) is 25.8 Å². The zero-order valence-corrected chi connectivity index (χ0v) is 20.2. The summed E-state index contributed by atoms with van der Waals surface area (Å²) in [5.74, 6) is 1.61. The minimum Gasteiger partial charge on any atom is -0.493 e. The van der Waals surface area contributed by atoms with Crippen molar-refractivity contribution in [2.75, 3.05) is 7.11 Å². The molecule has 6 nitrogen and oxygen atoms in total. The predicted octanol–water partition coefficient (Wildman–Crippen LogP) is 5.89.